The molecule has 0 radical (unpaired) electrons. The van der Waals surface area contributed by atoms with Crippen LogP contribution in [0, 0.1) is 6.92 Å². The van der Waals surface area contributed by atoms with Crippen LogP contribution in [-0.4, -0.2) is 45.5 Å². The summed E-state index contributed by atoms with van der Waals surface area (Å²) in [5, 5.41) is 15.2. The molecule has 0 aliphatic carbocycles. The molecule has 2 rings (SSSR count). The van der Waals surface area contributed by atoms with E-state index in [-0.39, 0.29) is 0 Å². The SMILES string of the molecule is CCn1nc(C)cc1CC1(O)CCCN(C)CC1. The van der Waals surface area contributed by atoms with Gasteiger partial charge in [-0.25, -0.2) is 0 Å². The zero-order chi connectivity index (χ0) is 13.2. The largest absolute Gasteiger partial charge is 0.389 e. The molecule has 1 N–H and O–H groups in total. The van der Waals surface area contributed by atoms with Gasteiger partial charge in [-0.2, -0.15) is 5.10 Å². The Morgan fingerprint density at radius 1 is 1.39 bits per heavy atom. The Kier molecular flexibility index (Phi) is 4.07. The zero-order valence-electron chi connectivity index (χ0n) is 11.8. The Balaban J connectivity index is 2.11. The molecular weight excluding hydrogens is 226 g/mol. The molecule has 1 unspecified atom stereocenters. The molecule has 1 aromatic rings. The maximum atomic E-state index is 10.8. The van der Waals surface area contributed by atoms with E-state index in [4.69, 9.17) is 0 Å². The molecule has 4 heteroatoms. The maximum Gasteiger partial charge on any atom is 0.0715 e. The number of hydrogen-bond donors (Lipinski definition) is 1. The standard InChI is InChI=1S/C14H25N3O/c1-4-17-13(10-12(2)15-17)11-14(18)6-5-8-16(3)9-7-14/h10,18H,4-9,11H2,1-3H3. The highest BCUT2D eigenvalue weighted by Crippen LogP contribution is 2.26. The fourth-order valence-corrected chi connectivity index (χ4v) is 2.84. The maximum absolute atomic E-state index is 10.8. The van der Waals surface area contributed by atoms with Crippen LogP contribution in [0.3, 0.4) is 0 Å². The van der Waals surface area contributed by atoms with Crippen LogP contribution in [0.1, 0.15) is 37.6 Å². The summed E-state index contributed by atoms with van der Waals surface area (Å²) < 4.78 is 2.02. The Bertz CT molecular complexity index is 402. The summed E-state index contributed by atoms with van der Waals surface area (Å²) in [6.07, 6.45) is 3.56. The monoisotopic (exact) mass is 251 g/mol. The van der Waals surface area contributed by atoms with E-state index >= 15 is 0 Å². The predicted octanol–water partition coefficient (Wildman–Crippen LogP) is 1.60. The van der Waals surface area contributed by atoms with Gasteiger partial charge in [0, 0.05) is 25.2 Å². The van der Waals surface area contributed by atoms with Crippen molar-refractivity contribution < 1.29 is 5.11 Å². The van der Waals surface area contributed by atoms with E-state index in [1.54, 1.807) is 0 Å². The van der Waals surface area contributed by atoms with Crippen LogP contribution in [-0.2, 0) is 13.0 Å². The summed E-state index contributed by atoms with van der Waals surface area (Å²) in [6.45, 7) is 7.06. The molecule has 0 spiro atoms. The lowest BCUT2D eigenvalue weighted by Crippen LogP contribution is -2.33. The summed E-state index contributed by atoms with van der Waals surface area (Å²) >= 11 is 0. The quantitative estimate of drug-likeness (QED) is 0.887. The van der Waals surface area contributed by atoms with Crippen molar-refractivity contribution in [2.75, 3.05) is 20.1 Å². The van der Waals surface area contributed by atoms with Crippen LogP contribution >= 0.6 is 0 Å². The van der Waals surface area contributed by atoms with Gasteiger partial charge in [-0.3, -0.25) is 4.68 Å². The minimum absolute atomic E-state index is 0.551. The Labute approximate surface area is 110 Å². The van der Waals surface area contributed by atoms with Crippen molar-refractivity contribution in [3.8, 4) is 0 Å². The van der Waals surface area contributed by atoms with Crippen LogP contribution in [0.5, 0.6) is 0 Å². The fourth-order valence-electron chi connectivity index (χ4n) is 2.84. The van der Waals surface area contributed by atoms with E-state index < -0.39 is 5.60 Å². The van der Waals surface area contributed by atoms with Crippen molar-refractivity contribution in [1.82, 2.24) is 14.7 Å². The van der Waals surface area contributed by atoms with Gasteiger partial charge in [0.25, 0.3) is 0 Å². The molecule has 1 aliphatic rings. The molecule has 0 aromatic carbocycles. The number of likely N-dealkylation sites (tertiary alicyclic amines) is 1. The van der Waals surface area contributed by atoms with Gasteiger partial charge < -0.3 is 10.0 Å². The highest BCUT2D eigenvalue weighted by atomic mass is 16.3. The Hall–Kier alpha value is -0.870. The summed E-state index contributed by atoms with van der Waals surface area (Å²) in [7, 11) is 2.13. The first-order chi connectivity index (χ1) is 8.52. The number of aryl methyl sites for hydroxylation is 2. The average molecular weight is 251 g/mol. The predicted molar refractivity (Wildman–Crippen MR) is 72.6 cm³/mol. The van der Waals surface area contributed by atoms with Gasteiger partial charge in [0.2, 0.25) is 0 Å². The lowest BCUT2D eigenvalue weighted by Gasteiger charge is -2.26. The molecule has 0 amide bonds. The number of rotatable bonds is 3. The van der Waals surface area contributed by atoms with Crippen molar-refractivity contribution in [1.29, 1.82) is 0 Å². The smallest absolute Gasteiger partial charge is 0.0715 e. The Morgan fingerprint density at radius 2 is 2.17 bits per heavy atom. The molecule has 102 valence electrons. The topological polar surface area (TPSA) is 41.3 Å². The van der Waals surface area contributed by atoms with Gasteiger partial charge in [0.05, 0.1) is 11.3 Å². The second-order valence-corrected chi connectivity index (χ2v) is 5.65. The van der Waals surface area contributed by atoms with Crippen molar-refractivity contribution in [2.24, 2.45) is 0 Å². The van der Waals surface area contributed by atoms with Crippen molar-refractivity contribution in [3.05, 3.63) is 17.5 Å². The third-order valence-corrected chi connectivity index (χ3v) is 3.94. The molecule has 1 aromatic heterocycles. The molecule has 4 nitrogen and oxygen atoms in total. The van der Waals surface area contributed by atoms with E-state index in [1.165, 1.54) is 5.69 Å². The molecule has 2 heterocycles. The molecular formula is C14H25N3O. The number of aromatic nitrogens is 2. The highest BCUT2D eigenvalue weighted by molar-refractivity contribution is 5.12. The summed E-state index contributed by atoms with van der Waals surface area (Å²) in [4.78, 5) is 2.31. The Morgan fingerprint density at radius 3 is 2.89 bits per heavy atom. The van der Waals surface area contributed by atoms with Crippen LogP contribution in [0.4, 0.5) is 0 Å². The first kappa shape index (κ1) is 13.6. The van der Waals surface area contributed by atoms with Gasteiger partial charge >= 0.3 is 0 Å². The van der Waals surface area contributed by atoms with Gasteiger partial charge in [-0.15, -0.1) is 0 Å². The summed E-state index contributed by atoms with van der Waals surface area (Å²) in [5.74, 6) is 0. The van der Waals surface area contributed by atoms with Crippen LogP contribution in [0.2, 0.25) is 0 Å². The van der Waals surface area contributed by atoms with Crippen molar-refractivity contribution >= 4 is 0 Å². The number of hydrogen-bond acceptors (Lipinski definition) is 3. The zero-order valence-corrected chi connectivity index (χ0v) is 11.8. The lowest BCUT2D eigenvalue weighted by atomic mass is 9.89. The minimum Gasteiger partial charge on any atom is -0.389 e. The third kappa shape index (κ3) is 3.12. The average Bonchev–Trinajstić information content (AvgIpc) is 2.57. The molecule has 0 saturated carbocycles. The van der Waals surface area contributed by atoms with E-state index in [2.05, 4.69) is 30.0 Å². The van der Waals surface area contributed by atoms with Gasteiger partial charge in [-0.05, 0) is 52.8 Å². The number of nitrogens with zero attached hydrogens (tertiary/aromatic N) is 3. The van der Waals surface area contributed by atoms with E-state index in [0.717, 1.165) is 51.0 Å². The molecule has 18 heavy (non-hydrogen) atoms. The van der Waals surface area contributed by atoms with Crippen LogP contribution in [0.15, 0.2) is 6.07 Å². The number of aliphatic hydroxyl groups is 1. The van der Waals surface area contributed by atoms with E-state index in [1.807, 2.05) is 11.6 Å². The van der Waals surface area contributed by atoms with Gasteiger partial charge in [-0.1, -0.05) is 0 Å². The van der Waals surface area contributed by atoms with E-state index in [0.29, 0.717) is 0 Å². The van der Waals surface area contributed by atoms with Gasteiger partial charge in [0.1, 0.15) is 0 Å². The second kappa shape index (κ2) is 5.41. The molecule has 1 fully saturated rings. The summed E-state index contributed by atoms with van der Waals surface area (Å²) in [5.41, 5.74) is 1.66. The van der Waals surface area contributed by atoms with Gasteiger partial charge in [0.15, 0.2) is 0 Å². The first-order valence-corrected chi connectivity index (χ1v) is 6.97. The van der Waals surface area contributed by atoms with E-state index in [9.17, 15) is 5.11 Å². The fraction of sp³-hybridized carbons (Fsp3) is 0.786. The van der Waals surface area contributed by atoms with Crippen LogP contribution in [0.25, 0.3) is 0 Å². The van der Waals surface area contributed by atoms with Crippen molar-refractivity contribution in [2.45, 2.75) is 51.7 Å². The lowest BCUT2D eigenvalue weighted by molar-refractivity contribution is 0.0244. The second-order valence-electron chi connectivity index (χ2n) is 5.65. The van der Waals surface area contributed by atoms with Crippen molar-refractivity contribution in [3.63, 3.8) is 0 Å². The molecule has 1 atom stereocenters. The highest BCUT2D eigenvalue weighted by Gasteiger charge is 2.30. The minimum atomic E-state index is -0.551. The third-order valence-electron chi connectivity index (χ3n) is 3.94. The molecule has 0 bridgehead atoms. The first-order valence-electron chi connectivity index (χ1n) is 6.97. The normalized spacial score (nSPS) is 26.2. The van der Waals surface area contributed by atoms with Crippen LogP contribution < -0.4 is 0 Å². The molecule has 1 aliphatic heterocycles. The molecule has 1 saturated heterocycles. The summed E-state index contributed by atoms with van der Waals surface area (Å²) in [6, 6.07) is 2.11.